The highest BCUT2D eigenvalue weighted by atomic mass is 16.3. The maximum Gasteiger partial charge on any atom is 0.216 e. The van der Waals surface area contributed by atoms with Crippen molar-refractivity contribution in [2.75, 3.05) is 45.9 Å². The van der Waals surface area contributed by atoms with E-state index in [1.807, 2.05) is 0 Å². The lowest BCUT2D eigenvalue weighted by molar-refractivity contribution is -0.119. The number of piperidine rings is 1. The lowest BCUT2D eigenvalue weighted by atomic mass is 9.91. The molecule has 4 N–H and O–H groups in total. The summed E-state index contributed by atoms with van der Waals surface area (Å²) in [5.41, 5.74) is 0. The first-order valence-electron chi connectivity index (χ1n) is 7.57. The van der Waals surface area contributed by atoms with Crippen LogP contribution in [0, 0.1) is 5.92 Å². The van der Waals surface area contributed by atoms with Gasteiger partial charge in [-0.2, -0.15) is 0 Å². The van der Waals surface area contributed by atoms with Gasteiger partial charge in [-0.15, -0.1) is 0 Å². The minimum atomic E-state index is 0.00605. The molecule has 1 aliphatic heterocycles. The van der Waals surface area contributed by atoms with Gasteiger partial charge in [0.25, 0.3) is 0 Å². The maximum atomic E-state index is 10.9. The Morgan fingerprint density at radius 1 is 1.25 bits per heavy atom. The van der Waals surface area contributed by atoms with Crippen LogP contribution in [0.5, 0.6) is 0 Å². The molecule has 0 radical (unpaired) electrons. The van der Waals surface area contributed by atoms with E-state index in [-0.39, 0.29) is 19.1 Å². The number of likely N-dealkylation sites (tertiary alicyclic amines) is 1. The summed E-state index contributed by atoms with van der Waals surface area (Å²) >= 11 is 0. The summed E-state index contributed by atoms with van der Waals surface area (Å²) in [4.78, 5) is 13.2. The Labute approximate surface area is 121 Å². The molecule has 1 fully saturated rings. The number of rotatable bonds is 9. The number of nitrogens with one attached hydrogen (secondary N) is 2. The summed E-state index contributed by atoms with van der Waals surface area (Å²) in [7, 11) is 0. The van der Waals surface area contributed by atoms with Crippen molar-refractivity contribution in [3.05, 3.63) is 0 Å². The van der Waals surface area contributed by atoms with Crippen LogP contribution in [0.15, 0.2) is 0 Å². The molecule has 0 saturated carbocycles. The smallest absolute Gasteiger partial charge is 0.216 e. The second-order valence-corrected chi connectivity index (χ2v) is 5.58. The summed E-state index contributed by atoms with van der Waals surface area (Å²) in [5.74, 6) is 0.504. The predicted octanol–water partition coefficient (Wildman–Crippen LogP) is -0.833. The average molecular weight is 287 g/mol. The van der Waals surface area contributed by atoms with Crippen LogP contribution in [0.2, 0.25) is 0 Å². The number of aliphatic hydroxyl groups is 2. The van der Waals surface area contributed by atoms with E-state index in [1.165, 1.54) is 6.92 Å². The second kappa shape index (κ2) is 10.1. The van der Waals surface area contributed by atoms with Crippen molar-refractivity contribution in [2.45, 2.75) is 32.2 Å². The normalized spacial score (nSPS) is 23.8. The molecular formula is C14H29N3O3. The molecule has 1 saturated heterocycles. The average Bonchev–Trinajstić information content (AvgIpc) is 2.39. The van der Waals surface area contributed by atoms with Gasteiger partial charge in [-0.3, -0.25) is 9.69 Å². The molecule has 2 unspecified atom stereocenters. The molecule has 0 aliphatic carbocycles. The lowest BCUT2D eigenvalue weighted by Gasteiger charge is -2.38. The van der Waals surface area contributed by atoms with Gasteiger partial charge in [-0.1, -0.05) is 0 Å². The van der Waals surface area contributed by atoms with Crippen molar-refractivity contribution in [3.8, 4) is 0 Å². The summed E-state index contributed by atoms with van der Waals surface area (Å²) in [5, 5.41) is 24.2. The zero-order valence-corrected chi connectivity index (χ0v) is 12.5. The largest absolute Gasteiger partial charge is 0.396 e. The highest BCUT2D eigenvalue weighted by Gasteiger charge is 2.26. The highest BCUT2D eigenvalue weighted by molar-refractivity contribution is 5.72. The van der Waals surface area contributed by atoms with Gasteiger partial charge in [0, 0.05) is 52.4 Å². The zero-order chi connectivity index (χ0) is 14.8. The van der Waals surface area contributed by atoms with Crippen molar-refractivity contribution < 1.29 is 15.0 Å². The molecule has 0 aromatic heterocycles. The van der Waals surface area contributed by atoms with Crippen LogP contribution < -0.4 is 10.6 Å². The van der Waals surface area contributed by atoms with Crippen LogP contribution in [0.25, 0.3) is 0 Å². The Balaban J connectivity index is 2.36. The molecule has 2 atom stereocenters. The number of aliphatic hydroxyl groups excluding tert-OH is 2. The quantitative estimate of drug-likeness (QED) is 0.416. The van der Waals surface area contributed by atoms with Gasteiger partial charge in [0.1, 0.15) is 0 Å². The van der Waals surface area contributed by atoms with Gasteiger partial charge in [-0.05, 0) is 31.7 Å². The SMILES string of the molecule is CC(=O)NCCN1CC(CCO)CC(NCCCO)C1. The minimum Gasteiger partial charge on any atom is -0.396 e. The Bertz CT molecular complexity index is 276. The fourth-order valence-corrected chi connectivity index (χ4v) is 2.80. The van der Waals surface area contributed by atoms with Crippen molar-refractivity contribution in [1.82, 2.24) is 15.5 Å². The number of carbonyl (C=O) groups is 1. The van der Waals surface area contributed by atoms with Gasteiger partial charge in [0.2, 0.25) is 5.91 Å². The monoisotopic (exact) mass is 287 g/mol. The zero-order valence-electron chi connectivity index (χ0n) is 12.5. The van der Waals surface area contributed by atoms with Crippen LogP contribution in [-0.4, -0.2) is 73.0 Å². The number of carbonyl (C=O) groups excluding carboxylic acids is 1. The van der Waals surface area contributed by atoms with E-state index in [0.717, 1.165) is 45.4 Å². The third-order valence-electron chi connectivity index (χ3n) is 3.72. The molecule has 1 aliphatic rings. The predicted molar refractivity (Wildman–Crippen MR) is 78.4 cm³/mol. The first-order valence-corrected chi connectivity index (χ1v) is 7.57. The van der Waals surface area contributed by atoms with Crippen molar-refractivity contribution in [1.29, 1.82) is 0 Å². The first-order chi connectivity index (χ1) is 9.65. The van der Waals surface area contributed by atoms with E-state index < -0.39 is 0 Å². The molecule has 0 spiro atoms. The van der Waals surface area contributed by atoms with Crippen LogP contribution >= 0.6 is 0 Å². The molecule has 1 rings (SSSR count). The third kappa shape index (κ3) is 7.19. The van der Waals surface area contributed by atoms with Crippen molar-refractivity contribution in [2.24, 2.45) is 5.92 Å². The maximum absolute atomic E-state index is 10.9. The second-order valence-electron chi connectivity index (χ2n) is 5.58. The molecule has 1 amide bonds. The summed E-state index contributed by atoms with van der Waals surface area (Å²) in [6.07, 6.45) is 2.67. The van der Waals surface area contributed by atoms with E-state index >= 15 is 0 Å². The molecule has 6 heteroatoms. The molecule has 1 heterocycles. The first kappa shape index (κ1) is 17.4. The Hall–Kier alpha value is -0.690. The number of hydrogen-bond acceptors (Lipinski definition) is 5. The molecular weight excluding hydrogens is 258 g/mol. The third-order valence-corrected chi connectivity index (χ3v) is 3.72. The number of nitrogens with zero attached hydrogens (tertiary/aromatic N) is 1. The fraction of sp³-hybridized carbons (Fsp3) is 0.929. The number of amides is 1. The Morgan fingerprint density at radius 2 is 2.05 bits per heavy atom. The Kier molecular flexibility index (Phi) is 8.77. The molecule has 0 aromatic rings. The van der Waals surface area contributed by atoms with Crippen LogP contribution in [0.1, 0.15) is 26.2 Å². The fourth-order valence-electron chi connectivity index (χ4n) is 2.80. The topological polar surface area (TPSA) is 84.8 Å². The van der Waals surface area contributed by atoms with E-state index in [0.29, 0.717) is 18.5 Å². The van der Waals surface area contributed by atoms with E-state index in [2.05, 4.69) is 15.5 Å². The molecule has 6 nitrogen and oxygen atoms in total. The van der Waals surface area contributed by atoms with Crippen LogP contribution in [0.4, 0.5) is 0 Å². The van der Waals surface area contributed by atoms with Gasteiger partial charge in [0.05, 0.1) is 0 Å². The molecule has 118 valence electrons. The van der Waals surface area contributed by atoms with Crippen LogP contribution in [0.3, 0.4) is 0 Å². The van der Waals surface area contributed by atoms with E-state index in [4.69, 9.17) is 10.2 Å². The molecule has 0 bridgehead atoms. The van der Waals surface area contributed by atoms with Crippen molar-refractivity contribution >= 4 is 5.91 Å². The summed E-state index contributed by atoms with van der Waals surface area (Å²) in [6.45, 7) is 6.27. The van der Waals surface area contributed by atoms with Gasteiger partial charge < -0.3 is 20.8 Å². The number of hydrogen-bond donors (Lipinski definition) is 4. The lowest BCUT2D eigenvalue weighted by Crippen LogP contribution is -2.51. The van der Waals surface area contributed by atoms with E-state index in [9.17, 15) is 4.79 Å². The molecule has 20 heavy (non-hydrogen) atoms. The standard InChI is InChI=1S/C14H29N3O3/c1-12(20)15-5-6-17-10-13(3-8-19)9-14(11-17)16-4-2-7-18/h13-14,16,18-19H,2-11H2,1H3,(H,15,20). The van der Waals surface area contributed by atoms with Crippen LogP contribution in [-0.2, 0) is 4.79 Å². The highest BCUT2D eigenvalue weighted by Crippen LogP contribution is 2.19. The van der Waals surface area contributed by atoms with E-state index in [1.54, 1.807) is 0 Å². The Morgan fingerprint density at radius 3 is 2.70 bits per heavy atom. The minimum absolute atomic E-state index is 0.00605. The van der Waals surface area contributed by atoms with Gasteiger partial charge in [-0.25, -0.2) is 0 Å². The summed E-state index contributed by atoms with van der Waals surface area (Å²) < 4.78 is 0. The van der Waals surface area contributed by atoms with Crippen molar-refractivity contribution in [3.63, 3.8) is 0 Å². The molecule has 0 aromatic carbocycles. The summed E-state index contributed by atoms with van der Waals surface area (Å²) in [6, 6.07) is 0.407. The van der Waals surface area contributed by atoms with Gasteiger partial charge in [0.15, 0.2) is 0 Å². The van der Waals surface area contributed by atoms with Gasteiger partial charge >= 0.3 is 0 Å².